The highest BCUT2D eigenvalue weighted by Crippen LogP contribution is 2.63. The van der Waals surface area contributed by atoms with Gasteiger partial charge >= 0.3 is 48.0 Å². The fourth-order valence-electron chi connectivity index (χ4n) is 1.46. The third kappa shape index (κ3) is 2.53. The molecule has 2 unspecified atom stereocenters. The third-order valence-electron chi connectivity index (χ3n) is 2.72. The molecule has 17 heteroatoms. The molecule has 0 aliphatic carbocycles. The predicted molar refractivity (Wildman–Crippen MR) is 41.8 cm³/mol. The lowest BCUT2D eigenvalue weighted by Gasteiger charge is -2.36. The van der Waals surface area contributed by atoms with Crippen molar-refractivity contribution < 1.29 is 75.7 Å². The highest BCUT2D eigenvalue weighted by Gasteiger charge is 2.95. The molecule has 0 saturated carbocycles. The van der Waals surface area contributed by atoms with Gasteiger partial charge in [-0.2, -0.15) is 61.5 Å². The van der Waals surface area contributed by atoms with Gasteiger partial charge in [0, 0.05) is 0 Å². The molecule has 0 N–H and O–H groups in total. The van der Waals surface area contributed by atoms with Crippen LogP contribution < -0.4 is 0 Å². The third-order valence-corrected chi connectivity index (χ3v) is 2.72. The molecule has 1 saturated heterocycles. The summed E-state index contributed by atoms with van der Waals surface area (Å²) in [5.74, 6) is -29.0. The fourth-order valence-corrected chi connectivity index (χ4v) is 1.46. The van der Waals surface area contributed by atoms with Crippen molar-refractivity contribution in [1.29, 1.82) is 0 Å². The highest BCUT2D eigenvalue weighted by molar-refractivity contribution is 5.78. The Kier molecular flexibility index (Phi) is 4.40. The van der Waals surface area contributed by atoms with Crippen LogP contribution >= 0.6 is 0 Å². The zero-order valence-electron chi connectivity index (χ0n) is 10.5. The normalized spacial score (nSPS) is 31.3. The van der Waals surface area contributed by atoms with E-state index in [1.807, 2.05) is 0 Å². The first-order valence-electron chi connectivity index (χ1n) is 5.17. The number of alkyl halides is 13. The van der Waals surface area contributed by atoms with Crippen molar-refractivity contribution >= 4 is 6.04 Å². The molecular weight excluding hydrogens is 410 g/mol. The van der Waals surface area contributed by atoms with E-state index >= 15 is 0 Å². The van der Waals surface area contributed by atoms with Crippen molar-refractivity contribution in [2.75, 3.05) is 0 Å². The van der Waals surface area contributed by atoms with Crippen molar-refractivity contribution in [1.82, 2.24) is 0 Å². The van der Waals surface area contributed by atoms with E-state index in [1.165, 1.54) is 0 Å². The minimum Gasteiger partial charge on any atom is -0.284 e. The maximum Gasteiger partial charge on any atom is 0.460 e. The molecule has 0 aromatic rings. The summed E-state index contributed by atoms with van der Waals surface area (Å²) in [6.07, 6.45) is -21.4. The lowest BCUT2D eigenvalue weighted by molar-refractivity contribution is -0.444. The van der Waals surface area contributed by atoms with Crippen LogP contribution in [0.15, 0.2) is 0 Å². The van der Waals surface area contributed by atoms with Gasteiger partial charge in [-0.3, -0.25) is 14.3 Å². The number of rotatable bonds is 3. The summed E-state index contributed by atoms with van der Waals surface area (Å²) in [6, 6.07) is -4.27. The van der Waals surface area contributed by atoms with Gasteiger partial charge in [-0.25, -0.2) is 0 Å². The van der Waals surface area contributed by atoms with Crippen molar-refractivity contribution in [3.8, 4) is 0 Å². The van der Waals surface area contributed by atoms with Crippen LogP contribution in [0, 0.1) is 0 Å². The number of ether oxygens (including phenoxy) is 2. The van der Waals surface area contributed by atoms with E-state index in [2.05, 4.69) is 9.47 Å². The maximum atomic E-state index is 13.6. The zero-order chi connectivity index (χ0) is 20.5. The van der Waals surface area contributed by atoms with Crippen molar-refractivity contribution in [3.63, 3.8) is 0 Å². The first kappa shape index (κ1) is 21.7. The number of carbonyl (C=O) groups is 1. The second kappa shape index (κ2) is 5.08. The Bertz CT molecular complexity index is 563. The molecule has 0 spiro atoms. The molecule has 0 bridgehead atoms. The average molecular weight is 410 g/mol. The van der Waals surface area contributed by atoms with Gasteiger partial charge in [-0.1, -0.05) is 0 Å². The van der Waals surface area contributed by atoms with Gasteiger partial charge < -0.3 is 0 Å². The van der Waals surface area contributed by atoms with Crippen LogP contribution in [0.4, 0.5) is 61.5 Å². The SMILES string of the molecule is O=C(F)C1(C(F)(F)F)OC(F)(F)C(F)(C(F)(F)C(F)(F)C(F)(F)F)O1. The van der Waals surface area contributed by atoms with Crippen LogP contribution in [0.3, 0.4) is 0 Å². The summed E-state index contributed by atoms with van der Waals surface area (Å²) in [4.78, 5) is 10.2. The Morgan fingerprint density at radius 3 is 1.40 bits per heavy atom. The van der Waals surface area contributed by atoms with Crippen LogP contribution in [0.5, 0.6) is 0 Å². The molecule has 0 aromatic carbocycles. The van der Waals surface area contributed by atoms with Crippen molar-refractivity contribution in [3.05, 3.63) is 0 Å². The van der Waals surface area contributed by atoms with E-state index < -0.39 is 48.0 Å². The van der Waals surface area contributed by atoms with Gasteiger partial charge in [0.25, 0.3) is 0 Å². The summed E-state index contributed by atoms with van der Waals surface area (Å²) in [5, 5.41) is 0. The van der Waals surface area contributed by atoms with Gasteiger partial charge in [-0.05, 0) is 0 Å². The van der Waals surface area contributed by atoms with Crippen LogP contribution in [-0.2, 0) is 14.3 Å². The quantitative estimate of drug-likeness (QED) is 0.524. The Balaban J connectivity index is 3.67. The molecule has 1 fully saturated rings. The van der Waals surface area contributed by atoms with Crippen LogP contribution in [0.2, 0.25) is 0 Å². The van der Waals surface area contributed by atoms with E-state index in [0.717, 1.165) is 0 Å². The summed E-state index contributed by atoms with van der Waals surface area (Å²) in [6.45, 7) is 0. The van der Waals surface area contributed by atoms with E-state index in [-0.39, 0.29) is 0 Å². The second-order valence-corrected chi connectivity index (χ2v) is 4.35. The molecule has 1 rings (SSSR count). The smallest absolute Gasteiger partial charge is 0.284 e. The number of hydrogen-bond donors (Lipinski definition) is 0. The summed E-state index contributed by atoms with van der Waals surface area (Å²) in [5.41, 5.74) is 0. The number of hydrogen-bond acceptors (Lipinski definition) is 3. The molecule has 25 heavy (non-hydrogen) atoms. The Morgan fingerprint density at radius 2 is 1.16 bits per heavy atom. The van der Waals surface area contributed by atoms with Crippen molar-refractivity contribution in [2.24, 2.45) is 0 Å². The first-order chi connectivity index (χ1) is 10.6. The Labute approximate surface area is 125 Å². The summed E-state index contributed by atoms with van der Waals surface area (Å²) in [7, 11) is 0. The lowest BCUT2D eigenvalue weighted by atomic mass is 10.0. The molecule has 3 nitrogen and oxygen atoms in total. The molecule has 1 heterocycles. The molecule has 0 amide bonds. The molecule has 2 atom stereocenters. The van der Waals surface area contributed by atoms with Crippen LogP contribution in [0.25, 0.3) is 0 Å². The lowest BCUT2D eigenvalue weighted by Crippen LogP contribution is -2.67. The monoisotopic (exact) mass is 410 g/mol. The topological polar surface area (TPSA) is 35.5 Å². The van der Waals surface area contributed by atoms with Gasteiger partial charge in [0.05, 0.1) is 0 Å². The molecule has 1 aliphatic rings. The number of halogens is 14. The summed E-state index contributed by atoms with van der Waals surface area (Å²) < 4.78 is 181. The molecule has 0 aromatic heterocycles. The first-order valence-corrected chi connectivity index (χ1v) is 5.17. The minimum absolute atomic E-state index is 2.11. The van der Waals surface area contributed by atoms with Gasteiger partial charge in [-0.15, -0.1) is 0 Å². The standard InChI is InChI=1S/C8F14O3/c9-1(23)2(6(15,16)17)24-5(14,8(21,22)25-2)3(10,11)4(12,13)7(18,19)20. The minimum atomic E-state index is -7.80. The molecule has 1 aliphatic heterocycles. The predicted octanol–water partition coefficient (Wildman–Crippen LogP) is 3.88. The maximum absolute atomic E-state index is 13.6. The second-order valence-electron chi connectivity index (χ2n) is 4.35. The van der Waals surface area contributed by atoms with E-state index in [1.54, 1.807) is 0 Å². The van der Waals surface area contributed by atoms with E-state index in [4.69, 9.17) is 0 Å². The molecule has 0 radical (unpaired) electrons. The van der Waals surface area contributed by atoms with Gasteiger partial charge in [0.2, 0.25) is 0 Å². The van der Waals surface area contributed by atoms with E-state index in [9.17, 15) is 66.3 Å². The van der Waals surface area contributed by atoms with Crippen LogP contribution in [-0.4, -0.2) is 48.0 Å². The average Bonchev–Trinajstić information content (AvgIpc) is 2.57. The van der Waals surface area contributed by atoms with Gasteiger partial charge in [0.1, 0.15) is 0 Å². The van der Waals surface area contributed by atoms with E-state index in [0.29, 0.717) is 0 Å². The number of carbonyl (C=O) groups excluding carboxylic acids is 1. The Morgan fingerprint density at radius 1 is 0.760 bits per heavy atom. The summed E-state index contributed by atoms with van der Waals surface area (Å²) >= 11 is 0. The van der Waals surface area contributed by atoms with Crippen molar-refractivity contribution in [2.45, 2.75) is 41.9 Å². The zero-order valence-corrected chi connectivity index (χ0v) is 10.5. The molecular formula is C8F14O3. The largest absolute Gasteiger partial charge is 0.460 e. The highest BCUT2D eigenvalue weighted by atomic mass is 19.4. The van der Waals surface area contributed by atoms with Crippen LogP contribution in [0.1, 0.15) is 0 Å². The Hall–Kier alpha value is -1.39. The molecule has 148 valence electrons. The fraction of sp³-hybridized carbons (Fsp3) is 0.875. The van der Waals surface area contributed by atoms with Gasteiger partial charge in [0.15, 0.2) is 0 Å².